The third-order valence-corrected chi connectivity index (χ3v) is 4.07. The van der Waals surface area contributed by atoms with E-state index in [2.05, 4.69) is 0 Å². The highest BCUT2D eigenvalue weighted by atomic mass is 35.5. The van der Waals surface area contributed by atoms with Gasteiger partial charge in [0.15, 0.2) is 0 Å². The van der Waals surface area contributed by atoms with Crippen LogP contribution < -0.4 is 4.74 Å². The van der Waals surface area contributed by atoms with Gasteiger partial charge in [-0.2, -0.15) is 0 Å². The molecule has 0 saturated carbocycles. The van der Waals surface area contributed by atoms with Crippen LogP contribution in [0.25, 0.3) is 0 Å². The zero-order chi connectivity index (χ0) is 16.9. The van der Waals surface area contributed by atoms with Crippen LogP contribution in [0.2, 0.25) is 5.02 Å². The first-order valence-corrected chi connectivity index (χ1v) is 8.06. The Bertz CT molecular complexity index is 681. The Kier molecular flexibility index (Phi) is 5.11. The Balaban J connectivity index is 1.35. The molecule has 1 aliphatic rings. The molecule has 6 heteroatoms. The number of halogens is 1. The summed E-state index contributed by atoms with van der Waals surface area (Å²) < 4.78 is 10.9. The van der Waals surface area contributed by atoms with Crippen molar-refractivity contribution in [3.63, 3.8) is 0 Å². The van der Waals surface area contributed by atoms with Crippen LogP contribution in [0, 0.1) is 5.92 Å². The summed E-state index contributed by atoms with van der Waals surface area (Å²) in [7, 11) is 0. The Hall–Kier alpha value is -2.40. The van der Waals surface area contributed by atoms with Crippen molar-refractivity contribution in [2.75, 3.05) is 19.7 Å². The summed E-state index contributed by atoms with van der Waals surface area (Å²) in [6.07, 6.45) is -0.314. The Morgan fingerprint density at radius 1 is 1.12 bits per heavy atom. The third kappa shape index (κ3) is 4.32. The predicted octanol–water partition coefficient (Wildman–Crippen LogP) is 3.69. The zero-order valence-corrected chi connectivity index (χ0v) is 13.8. The number of hydrogen-bond donors (Lipinski definition) is 1. The van der Waals surface area contributed by atoms with Crippen molar-refractivity contribution < 1.29 is 19.4 Å². The second-order valence-electron chi connectivity index (χ2n) is 5.76. The minimum atomic E-state index is -0.314. The zero-order valence-electron chi connectivity index (χ0n) is 13.0. The number of carbonyl (C=O) groups is 1. The Morgan fingerprint density at radius 3 is 2.46 bits per heavy atom. The van der Waals surface area contributed by atoms with Gasteiger partial charge in [-0.3, -0.25) is 0 Å². The molecule has 1 N–H and O–H groups in total. The van der Waals surface area contributed by atoms with Crippen LogP contribution >= 0.6 is 11.6 Å². The van der Waals surface area contributed by atoms with Gasteiger partial charge < -0.3 is 19.5 Å². The molecule has 1 fully saturated rings. The highest BCUT2D eigenvalue weighted by molar-refractivity contribution is 6.30. The topological polar surface area (TPSA) is 59.0 Å². The van der Waals surface area contributed by atoms with Gasteiger partial charge in [0.1, 0.15) is 18.1 Å². The molecule has 0 bridgehead atoms. The van der Waals surface area contributed by atoms with Crippen LogP contribution in [0.1, 0.15) is 5.56 Å². The van der Waals surface area contributed by atoms with Crippen molar-refractivity contribution in [3.05, 3.63) is 59.1 Å². The molecule has 0 spiro atoms. The van der Waals surface area contributed by atoms with E-state index in [0.717, 1.165) is 5.56 Å². The highest BCUT2D eigenvalue weighted by Crippen LogP contribution is 2.21. The van der Waals surface area contributed by atoms with Gasteiger partial charge >= 0.3 is 6.09 Å². The average molecular weight is 348 g/mol. The molecule has 126 valence electrons. The number of hydrogen-bond acceptors (Lipinski definition) is 4. The van der Waals surface area contributed by atoms with Gasteiger partial charge in [0.05, 0.1) is 6.61 Å². The van der Waals surface area contributed by atoms with E-state index in [4.69, 9.17) is 21.1 Å². The number of likely N-dealkylation sites (tertiary alicyclic amines) is 1. The molecule has 0 atom stereocenters. The molecule has 1 heterocycles. The maximum atomic E-state index is 11.9. The van der Waals surface area contributed by atoms with E-state index in [0.29, 0.717) is 36.4 Å². The first kappa shape index (κ1) is 16.5. The molecule has 1 aliphatic heterocycles. The van der Waals surface area contributed by atoms with E-state index in [9.17, 15) is 9.90 Å². The number of amides is 1. The molecule has 5 nitrogen and oxygen atoms in total. The number of phenols is 1. The monoisotopic (exact) mass is 347 g/mol. The maximum Gasteiger partial charge on any atom is 0.410 e. The van der Waals surface area contributed by atoms with Crippen molar-refractivity contribution in [2.45, 2.75) is 6.61 Å². The summed E-state index contributed by atoms with van der Waals surface area (Å²) in [4.78, 5) is 13.6. The Labute approximate surface area is 145 Å². The SMILES string of the molecule is O=C(OCc1ccc(Cl)cc1)N1CC(COc2ccc(O)cc2)C1. The van der Waals surface area contributed by atoms with Crippen molar-refractivity contribution in [1.29, 1.82) is 0 Å². The van der Waals surface area contributed by atoms with Gasteiger partial charge in [-0.15, -0.1) is 0 Å². The number of aromatic hydroxyl groups is 1. The lowest BCUT2D eigenvalue weighted by Gasteiger charge is -2.37. The van der Waals surface area contributed by atoms with Gasteiger partial charge in [0, 0.05) is 24.0 Å². The summed E-state index contributed by atoms with van der Waals surface area (Å²) in [5.74, 6) is 1.21. The second-order valence-corrected chi connectivity index (χ2v) is 6.19. The fourth-order valence-electron chi connectivity index (χ4n) is 2.40. The first-order chi connectivity index (χ1) is 11.6. The van der Waals surface area contributed by atoms with Crippen LogP contribution in [0.4, 0.5) is 4.79 Å². The van der Waals surface area contributed by atoms with Gasteiger partial charge in [0.2, 0.25) is 0 Å². The van der Waals surface area contributed by atoms with Gasteiger partial charge in [-0.05, 0) is 42.0 Å². The van der Waals surface area contributed by atoms with Gasteiger partial charge in [0.25, 0.3) is 0 Å². The second kappa shape index (κ2) is 7.45. The first-order valence-electron chi connectivity index (χ1n) is 7.68. The molecule has 24 heavy (non-hydrogen) atoms. The summed E-state index contributed by atoms with van der Waals surface area (Å²) in [5, 5.41) is 9.87. The minimum Gasteiger partial charge on any atom is -0.508 e. The number of rotatable bonds is 5. The standard InChI is InChI=1S/C18H18ClNO4/c19-15-3-1-13(2-4-15)11-24-18(22)20-9-14(10-20)12-23-17-7-5-16(21)6-8-17/h1-8,14,21H,9-12H2. The fraction of sp³-hybridized carbons (Fsp3) is 0.278. The highest BCUT2D eigenvalue weighted by Gasteiger charge is 2.32. The van der Waals surface area contributed by atoms with Crippen molar-refractivity contribution >= 4 is 17.7 Å². The van der Waals surface area contributed by atoms with E-state index in [-0.39, 0.29) is 18.4 Å². The third-order valence-electron chi connectivity index (χ3n) is 3.81. The van der Waals surface area contributed by atoms with Crippen LogP contribution in [0.3, 0.4) is 0 Å². The maximum absolute atomic E-state index is 11.9. The summed E-state index contributed by atoms with van der Waals surface area (Å²) in [5.41, 5.74) is 0.903. The quantitative estimate of drug-likeness (QED) is 0.896. The van der Waals surface area contributed by atoms with Crippen LogP contribution in [-0.4, -0.2) is 35.8 Å². The molecular weight excluding hydrogens is 330 g/mol. The smallest absolute Gasteiger partial charge is 0.410 e. The van der Waals surface area contributed by atoms with E-state index < -0.39 is 0 Å². The van der Waals surface area contributed by atoms with Crippen molar-refractivity contribution in [3.8, 4) is 11.5 Å². The molecule has 1 amide bonds. The van der Waals surface area contributed by atoms with E-state index >= 15 is 0 Å². The van der Waals surface area contributed by atoms with Crippen LogP contribution in [-0.2, 0) is 11.3 Å². The average Bonchev–Trinajstić information content (AvgIpc) is 2.54. The van der Waals surface area contributed by atoms with Gasteiger partial charge in [-0.1, -0.05) is 23.7 Å². The predicted molar refractivity (Wildman–Crippen MR) is 90.3 cm³/mol. The van der Waals surface area contributed by atoms with Crippen LogP contribution in [0.15, 0.2) is 48.5 Å². The minimum absolute atomic E-state index is 0.209. The lowest BCUT2D eigenvalue weighted by molar-refractivity contribution is 0.0342. The summed E-state index contributed by atoms with van der Waals surface area (Å²) in [6, 6.07) is 13.8. The molecular formula is C18H18ClNO4. The number of carbonyl (C=O) groups excluding carboxylic acids is 1. The molecule has 3 rings (SSSR count). The van der Waals surface area contributed by atoms with Crippen molar-refractivity contribution in [2.24, 2.45) is 5.92 Å². The largest absolute Gasteiger partial charge is 0.508 e. The number of benzene rings is 2. The van der Waals surface area contributed by atoms with Gasteiger partial charge in [-0.25, -0.2) is 4.79 Å². The molecule has 0 aromatic heterocycles. The van der Waals surface area contributed by atoms with Crippen LogP contribution in [0.5, 0.6) is 11.5 Å². The number of nitrogens with zero attached hydrogens (tertiary/aromatic N) is 1. The number of phenolic OH excluding ortho intramolecular Hbond substituents is 1. The number of ether oxygens (including phenoxy) is 2. The summed E-state index contributed by atoms with van der Waals surface area (Å²) >= 11 is 5.81. The van der Waals surface area contributed by atoms with Crippen molar-refractivity contribution in [1.82, 2.24) is 4.90 Å². The lowest BCUT2D eigenvalue weighted by atomic mass is 10.0. The molecule has 0 radical (unpaired) electrons. The lowest BCUT2D eigenvalue weighted by Crippen LogP contribution is -2.52. The van der Waals surface area contributed by atoms with E-state index in [1.165, 1.54) is 0 Å². The molecule has 0 unspecified atom stereocenters. The molecule has 2 aromatic rings. The fourth-order valence-corrected chi connectivity index (χ4v) is 2.52. The molecule has 1 saturated heterocycles. The molecule has 2 aromatic carbocycles. The van der Waals surface area contributed by atoms with E-state index in [1.807, 2.05) is 12.1 Å². The Morgan fingerprint density at radius 2 is 1.79 bits per heavy atom. The van der Waals surface area contributed by atoms with E-state index in [1.54, 1.807) is 41.3 Å². The summed E-state index contributed by atoms with van der Waals surface area (Å²) in [6.45, 7) is 2.02. The molecule has 0 aliphatic carbocycles. The normalized spacial score (nSPS) is 14.1.